The van der Waals surface area contributed by atoms with E-state index in [1.54, 1.807) is 41.1 Å². The standard InChI is InChI=1S/C50H76INO13/c1-29-15-11-10-12-16-30(2)41(61-7)27-36-20-18-34(6)50(60,65-36)47(57)48(58)52-22-14-13-17-38(52)49(59)64-42(37(51)25-35-19-21-39(53)43(26-35)62-8)28-40(54)31(3)24-33(5)45(56)46(63-9)44(55)32(4)23-29/h10-12,15-16,24,29,31-32,34-39,41-43,45-46,53,56,60H,13-14,17-23,25-28H2,1-9H3/b12-10?,15-11+,30-16?,33-24+/t29-,31-,32-,34-,35+,36+,37-,38+,39-,41+,42+,43-,45-,46+,50-/m1/s1. The lowest BCUT2D eigenvalue weighted by atomic mass is 9.81. The van der Waals surface area contributed by atoms with Crippen molar-refractivity contribution in [2.45, 2.75) is 177 Å². The average Bonchev–Trinajstić information content (AvgIpc) is 3.28. The summed E-state index contributed by atoms with van der Waals surface area (Å²) in [4.78, 5) is 71.8. The highest BCUT2D eigenvalue weighted by atomic mass is 127. The maximum atomic E-state index is 14.4. The normalized spacial score (nSPS) is 39.1. The van der Waals surface area contributed by atoms with Gasteiger partial charge in [-0.25, -0.2) is 4.79 Å². The SMILES string of the molecule is CO[C@H]1C[C@@H]2CC[C@@H](C)[C@@](O)(O2)C(=O)C(=O)N2CCCC[C@H]2C(=O)O[C@H]([C@H](I)C[C@@H]2CC[C@@H](O)[C@H](OC)C2)CC(=O)[C@H](C)/C=C(\C)[C@@H](O)[C@@H](OC)C(=O)[C@H](C)C[C@H](C)/C=C/C=CC=C1C. The van der Waals surface area contributed by atoms with E-state index in [9.17, 15) is 39.3 Å². The van der Waals surface area contributed by atoms with E-state index in [-0.39, 0.29) is 52.8 Å². The minimum Gasteiger partial charge on any atom is -0.459 e. The third kappa shape index (κ3) is 14.7. The van der Waals surface area contributed by atoms with Crippen LogP contribution in [0.5, 0.6) is 0 Å². The Balaban J connectivity index is 1.70. The Morgan fingerprint density at radius 3 is 2.26 bits per heavy atom. The molecule has 0 aromatic heterocycles. The molecule has 4 aliphatic rings. The van der Waals surface area contributed by atoms with E-state index in [0.29, 0.717) is 63.4 Å². The van der Waals surface area contributed by atoms with Gasteiger partial charge in [0, 0.05) is 62.4 Å². The number of carbonyl (C=O) groups excluding carboxylic acids is 5. The number of ketones is 3. The second kappa shape index (κ2) is 25.6. The molecule has 0 spiro atoms. The second-order valence-corrected chi connectivity index (χ2v) is 20.7. The topological polar surface area (TPSA) is 195 Å². The molecule has 15 heteroatoms. The van der Waals surface area contributed by atoms with Crippen molar-refractivity contribution in [1.82, 2.24) is 4.90 Å². The molecule has 0 aromatic carbocycles. The third-order valence-electron chi connectivity index (χ3n) is 14.1. The number of fused-ring (bicyclic) bond motifs is 3. The number of hydrogen-bond acceptors (Lipinski definition) is 13. The van der Waals surface area contributed by atoms with Crippen LogP contribution < -0.4 is 0 Å². The van der Waals surface area contributed by atoms with Crippen molar-refractivity contribution >= 4 is 51.8 Å². The minimum absolute atomic E-state index is 0.0187. The predicted octanol–water partition coefficient (Wildman–Crippen LogP) is 6.35. The van der Waals surface area contributed by atoms with Crippen molar-refractivity contribution in [3.05, 3.63) is 47.6 Å². The van der Waals surface area contributed by atoms with Gasteiger partial charge in [-0.3, -0.25) is 19.2 Å². The van der Waals surface area contributed by atoms with E-state index in [0.717, 1.165) is 12.0 Å². The number of alkyl halides is 1. The van der Waals surface area contributed by atoms with E-state index in [2.05, 4.69) is 22.6 Å². The number of ether oxygens (including phenoxy) is 5. The van der Waals surface area contributed by atoms with Crippen LogP contribution >= 0.6 is 22.6 Å². The smallest absolute Gasteiger partial charge is 0.329 e. The van der Waals surface area contributed by atoms with Crippen molar-refractivity contribution in [2.24, 2.45) is 29.6 Å². The van der Waals surface area contributed by atoms with Crippen molar-refractivity contribution < 1.29 is 63.0 Å². The molecule has 4 rings (SSSR count). The van der Waals surface area contributed by atoms with Gasteiger partial charge in [-0.15, -0.1) is 0 Å². The third-order valence-corrected chi connectivity index (χ3v) is 15.4. The number of carbonyl (C=O) groups is 5. The molecule has 3 fully saturated rings. The largest absolute Gasteiger partial charge is 0.459 e. The number of aliphatic hydroxyl groups is 3. The molecule has 15 atom stereocenters. The molecule has 3 aliphatic heterocycles. The summed E-state index contributed by atoms with van der Waals surface area (Å²) in [5, 5.41) is 33.8. The first-order valence-electron chi connectivity index (χ1n) is 23.6. The van der Waals surface area contributed by atoms with Crippen LogP contribution in [0.15, 0.2) is 47.6 Å². The quantitative estimate of drug-likeness (QED) is 0.0877. The monoisotopic (exact) mass is 1030 g/mol. The predicted molar refractivity (Wildman–Crippen MR) is 254 cm³/mol. The van der Waals surface area contributed by atoms with Gasteiger partial charge >= 0.3 is 5.97 Å². The number of piperidine rings is 1. The number of esters is 1. The maximum absolute atomic E-state index is 14.4. The number of nitrogens with zero attached hydrogens (tertiary/aromatic N) is 1. The summed E-state index contributed by atoms with van der Waals surface area (Å²) >= 11 is 2.21. The molecule has 3 N–H and O–H groups in total. The summed E-state index contributed by atoms with van der Waals surface area (Å²) < 4.78 is 29.0. The summed E-state index contributed by atoms with van der Waals surface area (Å²) in [5.74, 6) is -7.65. The van der Waals surface area contributed by atoms with Crippen LogP contribution in [0.1, 0.15) is 119 Å². The zero-order valence-corrected chi connectivity index (χ0v) is 42.1. The van der Waals surface area contributed by atoms with Gasteiger partial charge < -0.3 is 43.9 Å². The van der Waals surface area contributed by atoms with Gasteiger partial charge in [0.2, 0.25) is 5.79 Å². The fourth-order valence-corrected chi connectivity index (χ4v) is 10.9. The Morgan fingerprint density at radius 1 is 0.862 bits per heavy atom. The van der Waals surface area contributed by atoms with E-state index in [1.807, 2.05) is 51.2 Å². The summed E-state index contributed by atoms with van der Waals surface area (Å²) in [6.45, 7) is 10.8. The van der Waals surface area contributed by atoms with Crippen LogP contribution in [0, 0.1) is 29.6 Å². The summed E-state index contributed by atoms with van der Waals surface area (Å²) in [5.41, 5.74) is 1.26. The summed E-state index contributed by atoms with van der Waals surface area (Å²) in [7, 11) is 4.52. The molecule has 65 heavy (non-hydrogen) atoms. The van der Waals surface area contributed by atoms with E-state index in [4.69, 9.17) is 23.7 Å². The van der Waals surface area contributed by atoms with Crippen LogP contribution in [0.4, 0.5) is 0 Å². The Kier molecular flexibility index (Phi) is 21.7. The molecule has 0 unspecified atom stereocenters. The zero-order valence-electron chi connectivity index (χ0n) is 40.0. The van der Waals surface area contributed by atoms with Gasteiger partial charge in [0.15, 0.2) is 5.78 Å². The summed E-state index contributed by atoms with van der Waals surface area (Å²) in [6, 6.07) is -1.14. The van der Waals surface area contributed by atoms with E-state index in [1.165, 1.54) is 12.0 Å². The molecule has 14 nitrogen and oxygen atoms in total. The lowest BCUT2D eigenvalue weighted by Gasteiger charge is -2.42. The number of cyclic esters (lactones) is 1. The van der Waals surface area contributed by atoms with Gasteiger partial charge in [-0.2, -0.15) is 0 Å². The fraction of sp³-hybridized carbons (Fsp3) is 0.740. The zero-order chi connectivity index (χ0) is 48.2. The molecule has 366 valence electrons. The lowest BCUT2D eigenvalue weighted by molar-refractivity contribution is -0.265. The first-order valence-corrected chi connectivity index (χ1v) is 24.8. The number of halogens is 1. The van der Waals surface area contributed by atoms with Gasteiger partial charge in [-0.05, 0) is 101 Å². The van der Waals surface area contributed by atoms with Crippen molar-refractivity contribution in [3.63, 3.8) is 0 Å². The molecule has 2 saturated heterocycles. The number of methoxy groups -OCH3 is 3. The number of hydrogen-bond donors (Lipinski definition) is 3. The van der Waals surface area contributed by atoms with Crippen LogP contribution in [-0.2, 0) is 47.7 Å². The average molecular weight is 1030 g/mol. The molecule has 1 aliphatic carbocycles. The van der Waals surface area contributed by atoms with Gasteiger partial charge in [-0.1, -0.05) is 86.7 Å². The number of rotatable bonds is 6. The van der Waals surface area contributed by atoms with Crippen molar-refractivity contribution in [2.75, 3.05) is 27.9 Å². The molecule has 2 bridgehead atoms. The first-order chi connectivity index (χ1) is 30.7. The number of allylic oxidation sites excluding steroid dienone is 6. The van der Waals surface area contributed by atoms with Crippen LogP contribution in [0.25, 0.3) is 0 Å². The number of amides is 1. The highest BCUT2D eigenvalue weighted by Gasteiger charge is 2.53. The first kappa shape index (κ1) is 55.0. The van der Waals surface area contributed by atoms with Crippen molar-refractivity contribution in [1.29, 1.82) is 0 Å². The Labute approximate surface area is 400 Å². The molecule has 1 saturated carbocycles. The molecule has 1 amide bonds. The van der Waals surface area contributed by atoms with Crippen LogP contribution in [-0.4, -0.2) is 136 Å². The highest BCUT2D eigenvalue weighted by Crippen LogP contribution is 2.38. The molecule has 3 heterocycles. The van der Waals surface area contributed by atoms with Crippen molar-refractivity contribution in [3.8, 4) is 0 Å². The molecule has 0 radical (unpaired) electrons. The lowest BCUT2D eigenvalue weighted by Crippen LogP contribution is -2.61. The van der Waals surface area contributed by atoms with Gasteiger partial charge in [0.25, 0.3) is 11.7 Å². The molecular formula is C50H76INO13. The fourth-order valence-electron chi connectivity index (χ4n) is 9.79. The Hall–Kier alpha value is -2.64. The number of Topliss-reactive ketones (excluding diaryl/α,β-unsaturated/α-hetero) is 3. The molecular weight excluding hydrogens is 949 g/mol. The van der Waals surface area contributed by atoms with Gasteiger partial charge in [0.1, 0.15) is 30.1 Å². The second-order valence-electron chi connectivity index (χ2n) is 19.1. The van der Waals surface area contributed by atoms with Gasteiger partial charge in [0.05, 0.1) is 24.4 Å². The van der Waals surface area contributed by atoms with E-state index >= 15 is 0 Å². The summed E-state index contributed by atoms with van der Waals surface area (Å²) in [6.07, 6.45) is 11.1. The van der Waals surface area contributed by atoms with E-state index < -0.39 is 83.9 Å². The maximum Gasteiger partial charge on any atom is 0.329 e. The minimum atomic E-state index is -2.43. The molecule has 0 aromatic rings. The highest BCUT2D eigenvalue weighted by molar-refractivity contribution is 14.1. The van der Waals surface area contributed by atoms with Crippen LogP contribution in [0.2, 0.25) is 0 Å². The van der Waals surface area contributed by atoms with Crippen LogP contribution in [0.3, 0.4) is 0 Å². The Morgan fingerprint density at radius 2 is 1.58 bits per heavy atom. The Bertz CT molecular complexity index is 1760. The number of aliphatic hydroxyl groups excluding tert-OH is 2.